The van der Waals surface area contributed by atoms with Gasteiger partial charge in [0.05, 0.1) is 24.5 Å². The summed E-state index contributed by atoms with van der Waals surface area (Å²) in [6.07, 6.45) is 3.31. The van der Waals surface area contributed by atoms with Crippen molar-refractivity contribution in [3.63, 3.8) is 0 Å². The molecule has 33 heavy (non-hydrogen) atoms. The van der Waals surface area contributed by atoms with Crippen molar-refractivity contribution in [3.8, 4) is 11.8 Å². The number of pyridine rings is 2. The van der Waals surface area contributed by atoms with Crippen LogP contribution in [0.3, 0.4) is 0 Å². The third kappa shape index (κ3) is 7.06. The monoisotopic (exact) mass is 467 g/mol. The van der Waals surface area contributed by atoms with Gasteiger partial charge in [0.15, 0.2) is 5.82 Å². The van der Waals surface area contributed by atoms with Gasteiger partial charge >= 0.3 is 0 Å². The van der Waals surface area contributed by atoms with Crippen LogP contribution in [-0.2, 0) is 4.74 Å². The molecule has 1 aromatic carbocycles. The summed E-state index contributed by atoms with van der Waals surface area (Å²) < 4.78 is 16.9. The van der Waals surface area contributed by atoms with Crippen molar-refractivity contribution in [2.75, 3.05) is 49.8 Å². The lowest BCUT2D eigenvalue weighted by Gasteiger charge is -2.29. The maximum atomic E-state index is 5.86. The predicted octanol–water partition coefficient (Wildman–Crippen LogP) is 4.18. The number of halogens is 1. The Morgan fingerprint density at radius 3 is 2.67 bits per heavy atom. The molecule has 0 radical (unpaired) electrons. The van der Waals surface area contributed by atoms with Crippen molar-refractivity contribution in [2.24, 2.45) is 5.10 Å². The van der Waals surface area contributed by atoms with Crippen LogP contribution in [0.4, 0.5) is 11.5 Å². The van der Waals surface area contributed by atoms with Gasteiger partial charge in [-0.2, -0.15) is 10.1 Å². The van der Waals surface area contributed by atoms with E-state index < -0.39 is 0 Å². The van der Waals surface area contributed by atoms with Crippen LogP contribution in [-0.4, -0.2) is 55.7 Å². The molecule has 1 aliphatic heterocycles. The fourth-order valence-electron chi connectivity index (χ4n) is 3.29. The van der Waals surface area contributed by atoms with Gasteiger partial charge in [-0.05, 0) is 18.6 Å². The van der Waals surface area contributed by atoms with Crippen LogP contribution in [0.5, 0.6) is 11.8 Å². The van der Waals surface area contributed by atoms with E-state index in [9.17, 15) is 0 Å². The fraction of sp³-hybridized carbons (Fsp3) is 0.292. The Morgan fingerprint density at radius 2 is 1.91 bits per heavy atom. The second-order valence-electron chi connectivity index (χ2n) is 7.44. The first-order valence-corrected chi connectivity index (χ1v) is 11.1. The molecule has 0 amide bonds. The smallest absolute Gasteiger partial charge is 0.217 e. The Hall–Kier alpha value is -3.36. The number of ether oxygens (including phenoxy) is 3. The Bertz CT molecular complexity index is 1070. The molecule has 0 spiro atoms. The number of anilines is 2. The van der Waals surface area contributed by atoms with Crippen molar-refractivity contribution in [3.05, 3.63) is 70.9 Å². The number of hydrogen-bond donors (Lipinski definition) is 1. The molecule has 3 aromatic rings. The molecule has 172 valence electrons. The molecule has 1 saturated heterocycles. The number of benzene rings is 1. The molecule has 8 nitrogen and oxygen atoms in total. The number of aryl methyl sites for hydroxylation is 1. The van der Waals surface area contributed by atoms with Gasteiger partial charge in [0, 0.05) is 43.2 Å². The third-order valence-corrected chi connectivity index (χ3v) is 5.10. The van der Waals surface area contributed by atoms with E-state index in [1.165, 1.54) is 5.56 Å². The molecule has 0 bridgehead atoms. The summed E-state index contributed by atoms with van der Waals surface area (Å²) in [5.41, 5.74) is 6.21. The maximum Gasteiger partial charge on any atom is 0.217 e. The van der Waals surface area contributed by atoms with Gasteiger partial charge in [0.2, 0.25) is 11.8 Å². The first-order chi connectivity index (χ1) is 16.2. The third-order valence-electron chi connectivity index (χ3n) is 4.88. The number of morpholine rings is 1. The van der Waals surface area contributed by atoms with E-state index in [0.717, 1.165) is 24.3 Å². The standard InChI is InChI=1S/C24H26ClN5O3/c1-18-3-2-4-19(13-18)16-27-29-22-14-21(30-7-9-31-10-8-30)15-24(28-22)33-12-11-32-23-6-5-20(25)17-26-23/h2-6,13-17H,7-12H2,1H3,(H,28,29)/b27-16+. The van der Waals surface area contributed by atoms with Gasteiger partial charge in [-0.15, -0.1) is 0 Å². The first kappa shape index (κ1) is 22.8. The Balaban J connectivity index is 1.41. The highest BCUT2D eigenvalue weighted by molar-refractivity contribution is 6.30. The van der Waals surface area contributed by atoms with Crippen LogP contribution in [0.15, 0.2) is 59.8 Å². The Morgan fingerprint density at radius 1 is 1.09 bits per heavy atom. The second-order valence-corrected chi connectivity index (χ2v) is 7.88. The maximum absolute atomic E-state index is 5.86. The summed E-state index contributed by atoms with van der Waals surface area (Å²) >= 11 is 5.85. The van der Waals surface area contributed by atoms with Crippen LogP contribution in [0.25, 0.3) is 0 Å². The van der Waals surface area contributed by atoms with Gasteiger partial charge in [-0.25, -0.2) is 4.98 Å². The van der Waals surface area contributed by atoms with Crippen molar-refractivity contribution in [1.29, 1.82) is 0 Å². The molecule has 1 N–H and O–H groups in total. The first-order valence-electron chi connectivity index (χ1n) is 10.7. The predicted molar refractivity (Wildman–Crippen MR) is 130 cm³/mol. The molecule has 9 heteroatoms. The van der Waals surface area contributed by atoms with E-state index in [1.807, 2.05) is 24.3 Å². The summed E-state index contributed by atoms with van der Waals surface area (Å²) in [6, 6.07) is 15.4. The minimum absolute atomic E-state index is 0.315. The number of hydrogen-bond acceptors (Lipinski definition) is 8. The van der Waals surface area contributed by atoms with E-state index in [1.54, 1.807) is 24.5 Å². The average molecular weight is 468 g/mol. The highest BCUT2D eigenvalue weighted by Gasteiger charge is 2.14. The quantitative estimate of drug-likeness (QED) is 0.287. The van der Waals surface area contributed by atoms with Crippen LogP contribution in [0.2, 0.25) is 5.02 Å². The molecule has 3 heterocycles. The van der Waals surface area contributed by atoms with Crippen LogP contribution in [0.1, 0.15) is 11.1 Å². The molecule has 1 aliphatic rings. The van der Waals surface area contributed by atoms with E-state index in [0.29, 0.717) is 49.0 Å². The number of rotatable bonds is 9. The molecule has 0 saturated carbocycles. The summed E-state index contributed by atoms with van der Waals surface area (Å²) in [6.45, 7) is 5.68. The van der Waals surface area contributed by atoms with Crippen molar-refractivity contribution in [2.45, 2.75) is 6.92 Å². The second kappa shape index (κ2) is 11.5. The van der Waals surface area contributed by atoms with Crippen LogP contribution in [0, 0.1) is 6.92 Å². The largest absolute Gasteiger partial charge is 0.474 e. The number of aromatic nitrogens is 2. The SMILES string of the molecule is Cc1cccc(/C=N/Nc2cc(N3CCOCC3)cc(OCCOc3ccc(Cl)cn3)n2)c1. The van der Waals surface area contributed by atoms with E-state index >= 15 is 0 Å². The van der Waals surface area contributed by atoms with Crippen molar-refractivity contribution < 1.29 is 14.2 Å². The molecule has 4 rings (SSSR count). The number of nitrogens with zero attached hydrogens (tertiary/aromatic N) is 4. The lowest BCUT2D eigenvalue weighted by atomic mass is 10.2. The fourth-order valence-corrected chi connectivity index (χ4v) is 3.40. The molecular weight excluding hydrogens is 442 g/mol. The summed E-state index contributed by atoms with van der Waals surface area (Å²) in [5, 5.41) is 4.91. The Kier molecular flexibility index (Phi) is 7.94. The van der Waals surface area contributed by atoms with Crippen molar-refractivity contribution >= 4 is 29.3 Å². The highest BCUT2D eigenvalue weighted by atomic mass is 35.5. The van der Waals surface area contributed by atoms with Crippen molar-refractivity contribution in [1.82, 2.24) is 9.97 Å². The number of nitrogens with one attached hydrogen (secondary N) is 1. The van der Waals surface area contributed by atoms with Gasteiger partial charge in [-0.1, -0.05) is 41.4 Å². The molecule has 0 aliphatic carbocycles. The minimum atomic E-state index is 0.315. The summed E-state index contributed by atoms with van der Waals surface area (Å²) in [7, 11) is 0. The topological polar surface area (TPSA) is 81.1 Å². The summed E-state index contributed by atoms with van der Waals surface area (Å²) in [4.78, 5) is 10.9. The van der Waals surface area contributed by atoms with E-state index in [4.69, 9.17) is 25.8 Å². The molecule has 0 atom stereocenters. The molecule has 0 unspecified atom stereocenters. The normalized spacial score (nSPS) is 13.8. The lowest BCUT2D eigenvalue weighted by Crippen LogP contribution is -2.36. The summed E-state index contributed by atoms with van der Waals surface area (Å²) in [5.74, 6) is 1.57. The van der Waals surface area contributed by atoms with E-state index in [-0.39, 0.29) is 0 Å². The van der Waals surface area contributed by atoms with Crippen LogP contribution >= 0.6 is 11.6 Å². The minimum Gasteiger partial charge on any atom is -0.474 e. The Labute approximate surface area is 198 Å². The van der Waals surface area contributed by atoms with Crippen LogP contribution < -0.4 is 19.8 Å². The van der Waals surface area contributed by atoms with Gasteiger partial charge in [-0.3, -0.25) is 5.43 Å². The van der Waals surface area contributed by atoms with E-state index in [2.05, 4.69) is 44.5 Å². The molecule has 1 fully saturated rings. The zero-order valence-corrected chi connectivity index (χ0v) is 19.2. The molecular formula is C24H26ClN5O3. The highest BCUT2D eigenvalue weighted by Crippen LogP contribution is 2.25. The molecule has 2 aromatic heterocycles. The van der Waals surface area contributed by atoms with Gasteiger partial charge in [0.25, 0.3) is 0 Å². The number of hydrazone groups is 1. The zero-order valence-electron chi connectivity index (χ0n) is 18.4. The van der Waals surface area contributed by atoms with Gasteiger partial charge < -0.3 is 19.1 Å². The lowest BCUT2D eigenvalue weighted by molar-refractivity contribution is 0.122. The van der Waals surface area contributed by atoms with Gasteiger partial charge in [0.1, 0.15) is 13.2 Å². The average Bonchev–Trinajstić information content (AvgIpc) is 2.83. The zero-order chi connectivity index (χ0) is 22.9.